The van der Waals surface area contributed by atoms with Gasteiger partial charge >= 0.3 is 5.97 Å². The first-order valence-electron chi connectivity index (χ1n) is 6.71. The molecule has 1 aromatic heterocycles. The molecule has 5 heteroatoms. The molecule has 20 heavy (non-hydrogen) atoms. The van der Waals surface area contributed by atoms with Crippen LogP contribution < -0.4 is 0 Å². The van der Waals surface area contributed by atoms with E-state index in [0.29, 0.717) is 13.1 Å². The summed E-state index contributed by atoms with van der Waals surface area (Å²) in [6, 6.07) is 4.03. The van der Waals surface area contributed by atoms with Crippen molar-refractivity contribution in [2.45, 2.75) is 19.8 Å². The fourth-order valence-electron chi connectivity index (χ4n) is 2.34. The monoisotopic (exact) mass is 293 g/mol. The van der Waals surface area contributed by atoms with Gasteiger partial charge in [0.15, 0.2) is 0 Å². The summed E-state index contributed by atoms with van der Waals surface area (Å²) >= 11 is 1.65. The zero-order valence-electron chi connectivity index (χ0n) is 11.8. The fourth-order valence-corrected chi connectivity index (χ4v) is 3.12. The largest absolute Gasteiger partial charge is 0.469 e. The number of rotatable bonds is 3. The summed E-state index contributed by atoms with van der Waals surface area (Å²) in [5.74, 6) is -0.444. The maximum atomic E-state index is 12.1. The van der Waals surface area contributed by atoms with Crippen LogP contribution in [-0.4, -0.2) is 37.0 Å². The maximum absolute atomic E-state index is 12.1. The van der Waals surface area contributed by atoms with Gasteiger partial charge in [0.25, 0.3) is 0 Å². The minimum Gasteiger partial charge on any atom is -0.469 e. The number of aryl methyl sites for hydroxylation is 1. The first-order chi connectivity index (χ1) is 9.60. The average molecular weight is 293 g/mol. The number of ether oxygens (including phenoxy) is 1. The predicted molar refractivity (Wildman–Crippen MR) is 79.4 cm³/mol. The second-order valence-corrected chi connectivity index (χ2v) is 6.25. The Morgan fingerprint density at radius 3 is 2.90 bits per heavy atom. The molecule has 1 unspecified atom stereocenters. The number of carbonyl (C=O) groups excluding carboxylic acids is 2. The Morgan fingerprint density at radius 1 is 1.45 bits per heavy atom. The molecule has 1 fully saturated rings. The van der Waals surface area contributed by atoms with E-state index in [1.807, 2.05) is 25.1 Å². The van der Waals surface area contributed by atoms with Crippen molar-refractivity contribution in [3.05, 3.63) is 28.0 Å². The number of piperidine rings is 1. The molecule has 0 N–H and O–H groups in total. The lowest BCUT2D eigenvalue weighted by atomic mass is 9.98. The van der Waals surface area contributed by atoms with E-state index in [1.165, 1.54) is 12.0 Å². The lowest BCUT2D eigenvalue weighted by Gasteiger charge is -2.30. The molecule has 1 saturated heterocycles. The molecule has 1 atom stereocenters. The van der Waals surface area contributed by atoms with Gasteiger partial charge in [0.2, 0.25) is 5.91 Å². The van der Waals surface area contributed by atoms with Crippen molar-refractivity contribution >= 4 is 29.3 Å². The van der Waals surface area contributed by atoms with E-state index in [9.17, 15) is 9.59 Å². The quantitative estimate of drug-likeness (QED) is 0.635. The SMILES string of the molecule is COC(=O)C1CCCN(C(=O)/C=C/c2ccc(C)s2)C1. The zero-order chi connectivity index (χ0) is 14.5. The molecular formula is C15H19NO3S. The summed E-state index contributed by atoms with van der Waals surface area (Å²) in [7, 11) is 1.39. The number of likely N-dealkylation sites (tertiary alicyclic amines) is 1. The molecule has 4 nitrogen and oxygen atoms in total. The van der Waals surface area contributed by atoms with E-state index in [-0.39, 0.29) is 17.8 Å². The minimum atomic E-state index is -0.222. The number of methoxy groups -OCH3 is 1. The van der Waals surface area contributed by atoms with Crippen LogP contribution >= 0.6 is 11.3 Å². The summed E-state index contributed by atoms with van der Waals surface area (Å²) < 4.78 is 4.76. The van der Waals surface area contributed by atoms with E-state index in [1.54, 1.807) is 22.3 Å². The van der Waals surface area contributed by atoms with Gasteiger partial charge < -0.3 is 9.64 Å². The summed E-state index contributed by atoms with van der Waals surface area (Å²) in [6.07, 6.45) is 5.06. The van der Waals surface area contributed by atoms with Gasteiger partial charge in [0, 0.05) is 28.9 Å². The standard InChI is InChI=1S/C15H19NO3S/c1-11-5-6-13(20-11)7-8-14(17)16-9-3-4-12(10-16)15(18)19-2/h5-8,12H,3-4,9-10H2,1-2H3/b8-7+. The number of esters is 1. The first-order valence-corrected chi connectivity index (χ1v) is 7.53. The second kappa shape index (κ2) is 6.70. The highest BCUT2D eigenvalue weighted by atomic mass is 32.1. The van der Waals surface area contributed by atoms with Gasteiger partial charge in [-0.1, -0.05) is 0 Å². The molecule has 0 aromatic carbocycles. The third kappa shape index (κ3) is 3.70. The highest BCUT2D eigenvalue weighted by molar-refractivity contribution is 7.12. The van der Waals surface area contributed by atoms with Crippen LogP contribution in [0.5, 0.6) is 0 Å². The molecule has 0 bridgehead atoms. The smallest absolute Gasteiger partial charge is 0.310 e. The highest BCUT2D eigenvalue weighted by Gasteiger charge is 2.28. The Balaban J connectivity index is 1.95. The number of hydrogen-bond donors (Lipinski definition) is 0. The van der Waals surface area contributed by atoms with Crippen molar-refractivity contribution in [2.24, 2.45) is 5.92 Å². The Hall–Kier alpha value is -1.62. The molecule has 1 aromatic rings. The number of carbonyl (C=O) groups is 2. The molecule has 0 spiro atoms. The van der Waals surface area contributed by atoms with E-state index in [4.69, 9.17) is 4.74 Å². The second-order valence-electron chi connectivity index (χ2n) is 4.93. The van der Waals surface area contributed by atoms with Gasteiger partial charge in [0.1, 0.15) is 0 Å². The van der Waals surface area contributed by atoms with E-state index < -0.39 is 0 Å². The van der Waals surface area contributed by atoms with Gasteiger partial charge in [-0.25, -0.2) is 0 Å². The molecular weight excluding hydrogens is 274 g/mol. The Morgan fingerprint density at radius 2 is 2.25 bits per heavy atom. The first kappa shape index (κ1) is 14.8. The zero-order valence-corrected chi connectivity index (χ0v) is 12.6. The van der Waals surface area contributed by atoms with Gasteiger partial charge in [-0.05, 0) is 38.0 Å². The summed E-state index contributed by atoms with van der Waals surface area (Å²) in [5.41, 5.74) is 0. The van der Waals surface area contributed by atoms with Crippen LogP contribution in [0.25, 0.3) is 6.08 Å². The fraction of sp³-hybridized carbons (Fsp3) is 0.467. The van der Waals surface area contributed by atoms with Crippen molar-refractivity contribution in [2.75, 3.05) is 20.2 Å². The van der Waals surface area contributed by atoms with Crippen molar-refractivity contribution in [3.8, 4) is 0 Å². The van der Waals surface area contributed by atoms with E-state index in [2.05, 4.69) is 0 Å². The highest BCUT2D eigenvalue weighted by Crippen LogP contribution is 2.19. The van der Waals surface area contributed by atoms with E-state index >= 15 is 0 Å². The van der Waals surface area contributed by atoms with Crippen molar-refractivity contribution in [3.63, 3.8) is 0 Å². The van der Waals surface area contributed by atoms with Gasteiger partial charge in [-0.3, -0.25) is 9.59 Å². The van der Waals surface area contributed by atoms with Crippen LogP contribution in [0.15, 0.2) is 18.2 Å². The molecule has 2 heterocycles. The van der Waals surface area contributed by atoms with Crippen LogP contribution in [0.3, 0.4) is 0 Å². The van der Waals surface area contributed by atoms with E-state index in [0.717, 1.165) is 17.7 Å². The molecule has 0 saturated carbocycles. The lowest BCUT2D eigenvalue weighted by Crippen LogP contribution is -2.41. The molecule has 1 aliphatic rings. The van der Waals surface area contributed by atoms with Crippen LogP contribution in [0.2, 0.25) is 0 Å². The van der Waals surface area contributed by atoms with Crippen LogP contribution in [-0.2, 0) is 14.3 Å². The van der Waals surface area contributed by atoms with Crippen LogP contribution in [0.1, 0.15) is 22.6 Å². The number of amides is 1. The maximum Gasteiger partial charge on any atom is 0.310 e. The van der Waals surface area contributed by atoms with Gasteiger partial charge in [-0.15, -0.1) is 11.3 Å². The topological polar surface area (TPSA) is 46.6 Å². The summed E-state index contributed by atoms with van der Waals surface area (Å²) in [6.45, 7) is 3.20. The van der Waals surface area contributed by atoms with Gasteiger partial charge in [0.05, 0.1) is 13.0 Å². The summed E-state index contributed by atoms with van der Waals surface area (Å²) in [4.78, 5) is 27.7. The predicted octanol–water partition coefficient (Wildman–Crippen LogP) is 2.48. The normalized spacial score (nSPS) is 19.3. The number of thiophene rings is 1. The minimum absolute atomic E-state index is 0.0374. The molecule has 1 aliphatic heterocycles. The molecule has 108 valence electrons. The third-order valence-corrected chi connectivity index (χ3v) is 4.38. The number of nitrogens with zero attached hydrogens (tertiary/aromatic N) is 1. The lowest BCUT2D eigenvalue weighted by molar-refractivity contribution is -0.148. The van der Waals surface area contributed by atoms with Crippen molar-refractivity contribution < 1.29 is 14.3 Å². The average Bonchev–Trinajstić information content (AvgIpc) is 2.89. The van der Waals surface area contributed by atoms with Crippen LogP contribution in [0.4, 0.5) is 0 Å². The Labute approximate surface area is 123 Å². The van der Waals surface area contributed by atoms with Gasteiger partial charge in [-0.2, -0.15) is 0 Å². The third-order valence-electron chi connectivity index (χ3n) is 3.42. The molecule has 2 rings (SSSR count). The Kier molecular flexibility index (Phi) is 4.95. The van der Waals surface area contributed by atoms with Crippen molar-refractivity contribution in [1.29, 1.82) is 0 Å². The van der Waals surface area contributed by atoms with Crippen LogP contribution in [0, 0.1) is 12.8 Å². The number of hydrogen-bond acceptors (Lipinski definition) is 4. The molecule has 0 radical (unpaired) electrons. The summed E-state index contributed by atoms with van der Waals surface area (Å²) in [5, 5.41) is 0. The van der Waals surface area contributed by atoms with Crippen molar-refractivity contribution in [1.82, 2.24) is 4.90 Å². The molecule has 1 amide bonds. The Bertz CT molecular complexity index is 521. The molecule has 0 aliphatic carbocycles.